The normalized spacial score (nSPS) is 29.6. The number of aromatic nitrogens is 1. The number of anilines is 1. The van der Waals surface area contributed by atoms with E-state index in [1.165, 1.54) is 11.5 Å². The van der Waals surface area contributed by atoms with Crippen molar-refractivity contribution >= 4 is 39.2 Å². The summed E-state index contributed by atoms with van der Waals surface area (Å²) in [5.41, 5.74) is 0.841. The number of nitrogens with one attached hydrogen (secondary N) is 1. The fourth-order valence-electron chi connectivity index (χ4n) is 5.42. The summed E-state index contributed by atoms with van der Waals surface area (Å²) in [5, 5.41) is 4.12. The SMILES string of the molecule is O=C(Nc1ccc2sncc2c1)C1CC12CN(C(=O)N1CCN3CCC1CC3)C2.[HH]. The van der Waals surface area contributed by atoms with Crippen LogP contribution in [0.3, 0.4) is 0 Å². The molecule has 3 amide bonds. The molecule has 4 aliphatic heterocycles. The molecule has 1 aromatic carbocycles. The van der Waals surface area contributed by atoms with Crippen LogP contribution in [0.15, 0.2) is 24.4 Å². The third-order valence-corrected chi connectivity index (χ3v) is 8.09. The van der Waals surface area contributed by atoms with E-state index < -0.39 is 0 Å². The summed E-state index contributed by atoms with van der Waals surface area (Å²) in [6, 6.07) is 6.50. The van der Waals surface area contributed by atoms with Crippen molar-refractivity contribution < 1.29 is 11.0 Å². The first-order chi connectivity index (χ1) is 14.1. The van der Waals surface area contributed by atoms with Gasteiger partial charge in [-0.05, 0) is 49.0 Å². The Labute approximate surface area is 175 Å². The van der Waals surface area contributed by atoms with Gasteiger partial charge in [0.15, 0.2) is 0 Å². The highest BCUT2D eigenvalue weighted by atomic mass is 32.1. The fraction of sp³-hybridized carbons (Fsp3) is 0.571. The minimum absolute atomic E-state index is 0. The van der Waals surface area contributed by atoms with Crippen LogP contribution < -0.4 is 5.32 Å². The Kier molecular flexibility index (Phi) is 3.90. The van der Waals surface area contributed by atoms with Crippen molar-refractivity contribution in [2.45, 2.75) is 25.3 Å². The van der Waals surface area contributed by atoms with Gasteiger partial charge < -0.3 is 20.0 Å². The maximum absolute atomic E-state index is 13.0. The van der Waals surface area contributed by atoms with Crippen molar-refractivity contribution in [2.75, 3.05) is 44.6 Å². The number of fused-ring (bicyclic) bond motifs is 5. The van der Waals surface area contributed by atoms with Gasteiger partial charge in [-0.1, -0.05) is 0 Å². The summed E-state index contributed by atoms with van der Waals surface area (Å²) < 4.78 is 5.31. The summed E-state index contributed by atoms with van der Waals surface area (Å²) in [4.78, 5) is 32.3. The molecule has 1 N–H and O–H groups in total. The predicted molar refractivity (Wildman–Crippen MR) is 114 cm³/mol. The summed E-state index contributed by atoms with van der Waals surface area (Å²) in [5.74, 6) is 0.106. The molecule has 1 aromatic heterocycles. The predicted octanol–water partition coefficient (Wildman–Crippen LogP) is 2.70. The number of likely N-dealkylation sites (tertiary alicyclic amines) is 1. The molecule has 1 saturated carbocycles. The zero-order valence-electron chi connectivity index (χ0n) is 16.3. The molecule has 5 fully saturated rings. The van der Waals surface area contributed by atoms with Gasteiger partial charge in [0.2, 0.25) is 5.91 Å². The van der Waals surface area contributed by atoms with Crippen molar-refractivity contribution in [3.8, 4) is 0 Å². The number of piperidine rings is 1. The number of carbonyl (C=O) groups excluding carboxylic acids is 2. The van der Waals surface area contributed by atoms with Gasteiger partial charge in [-0.2, -0.15) is 4.37 Å². The smallest absolute Gasteiger partial charge is 0.320 e. The van der Waals surface area contributed by atoms with Crippen LogP contribution in [0.4, 0.5) is 10.5 Å². The van der Waals surface area contributed by atoms with Crippen LogP contribution in [0, 0.1) is 11.3 Å². The molecule has 1 spiro atoms. The highest BCUT2D eigenvalue weighted by Gasteiger charge is 2.65. The van der Waals surface area contributed by atoms with Crippen molar-refractivity contribution in [1.29, 1.82) is 0 Å². The van der Waals surface area contributed by atoms with E-state index in [4.69, 9.17) is 0 Å². The van der Waals surface area contributed by atoms with Crippen LogP contribution in [0.2, 0.25) is 0 Å². The number of rotatable bonds is 2. The number of carbonyl (C=O) groups is 2. The quantitative estimate of drug-likeness (QED) is 0.822. The second-order valence-corrected chi connectivity index (χ2v) is 9.92. The molecule has 0 radical (unpaired) electrons. The molecular formula is C21H27N5O2S. The first-order valence-electron chi connectivity index (χ1n) is 10.5. The van der Waals surface area contributed by atoms with Crippen LogP contribution >= 0.6 is 11.5 Å². The molecule has 5 heterocycles. The Morgan fingerprint density at radius 2 is 2.00 bits per heavy atom. The van der Waals surface area contributed by atoms with Crippen molar-refractivity contribution in [3.05, 3.63) is 24.4 Å². The molecule has 1 atom stereocenters. The Bertz CT molecular complexity index is 983. The van der Waals surface area contributed by atoms with E-state index in [9.17, 15) is 9.59 Å². The molecule has 154 valence electrons. The molecule has 2 aromatic rings. The van der Waals surface area contributed by atoms with Gasteiger partial charge >= 0.3 is 6.03 Å². The van der Waals surface area contributed by atoms with Crippen molar-refractivity contribution in [1.82, 2.24) is 19.1 Å². The zero-order valence-corrected chi connectivity index (χ0v) is 17.2. The lowest BCUT2D eigenvalue weighted by Gasteiger charge is -2.44. The van der Waals surface area contributed by atoms with E-state index >= 15 is 0 Å². The number of benzene rings is 1. The lowest BCUT2D eigenvalue weighted by atomic mass is 9.93. The molecule has 2 bridgehead atoms. The summed E-state index contributed by atoms with van der Waals surface area (Å²) >= 11 is 1.46. The lowest BCUT2D eigenvalue weighted by Crippen LogP contribution is -2.59. The maximum Gasteiger partial charge on any atom is 0.320 e. The van der Waals surface area contributed by atoms with Crippen LogP contribution in [-0.4, -0.2) is 76.3 Å². The highest BCUT2D eigenvalue weighted by Crippen LogP contribution is 2.59. The van der Waals surface area contributed by atoms with Crippen LogP contribution in [0.5, 0.6) is 0 Å². The number of nitrogens with zero attached hydrogens (tertiary/aromatic N) is 4. The van der Waals surface area contributed by atoms with Crippen LogP contribution in [0.25, 0.3) is 10.1 Å². The number of amides is 3. The third-order valence-electron chi connectivity index (χ3n) is 7.31. The molecule has 7 nitrogen and oxygen atoms in total. The highest BCUT2D eigenvalue weighted by molar-refractivity contribution is 7.13. The molecule has 8 heteroatoms. The number of hydrogen-bond donors (Lipinski definition) is 1. The Balaban J connectivity index is 0.00000193. The average Bonchev–Trinajstić information content (AvgIpc) is 3.40. The summed E-state index contributed by atoms with van der Waals surface area (Å²) in [6.07, 6.45) is 4.91. The van der Waals surface area contributed by atoms with Gasteiger partial charge in [-0.15, -0.1) is 0 Å². The minimum atomic E-state index is 0. The van der Waals surface area contributed by atoms with Gasteiger partial charge in [0.25, 0.3) is 0 Å². The monoisotopic (exact) mass is 413 g/mol. The van der Waals surface area contributed by atoms with E-state index in [0.29, 0.717) is 6.04 Å². The minimum Gasteiger partial charge on any atom is -0.326 e. The fourth-order valence-corrected chi connectivity index (χ4v) is 6.04. The lowest BCUT2D eigenvalue weighted by molar-refractivity contribution is -0.119. The Hall–Kier alpha value is -2.19. The number of hydrogen-bond acceptors (Lipinski definition) is 5. The first kappa shape index (κ1) is 17.7. The molecular weight excluding hydrogens is 386 g/mol. The number of urea groups is 1. The Morgan fingerprint density at radius 1 is 1.17 bits per heavy atom. The second-order valence-electron chi connectivity index (χ2n) is 9.09. The van der Waals surface area contributed by atoms with Gasteiger partial charge in [0.05, 0.1) is 4.70 Å². The van der Waals surface area contributed by atoms with Crippen molar-refractivity contribution in [3.63, 3.8) is 0 Å². The average molecular weight is 414 g/mol. The molecule has 5 aliphatic rings. The van der Waals surface area contributed by atoms with Crippen LogP contribution in [0.1, 0.15) is 20.7 Å². The maximum atomic E-state index is 13.0. The van der Waals surface area contributed by atoms with E-state index in [0.717, 1.165) is 74.3 Å². The molecule has 1 aliphatic carbocycles. The van der Waals surface area contributed by atoms with Gasteiger partial charge in [-0.3, -0.25) is 4.79 Å². The summed E-state index contributed by atoms with van der Waals surface area (Å²) in [7, 11) is 0. The summed E-state index contributed by atoms with van der Waals surface area (Å²) in [6.45, 7) is 5.53. The topological polar surface area (TPSA) is 68.8 Å². The van der Waals surface area contributed by atoms with Gasteiger partial charge in [0, 0.05) is 75.3 Å². The second kappa shape index (κ2) is 6.40. The zero-order chi connectivity index (χ0) is 19.6. The molecule has 7 rings (SSSR count). The Morgan fingerprint density at radius 3 is 2.83 bits per heavy atom. The van der Waals surface area contributed by atoms with E-state index in [-0.39, 0.29) is 24.7 Å². The molecule has 1 unspecified atom stereocenters. The standard InChI is InChI=1S/C21H25N5O2S.H2/c27-19(23-15-1-2-18-14(9-15)11-22-29-18)17-10-21(17)12-25(13-21)20(28)26-8-7-24-5-3-16(26)4-6-24;/h1-2,9,11,16-17H,3-8,10,12-13H2,(H,23,27);1H. The largest absolute Gasteiger partial charge is 0.326 e. The van der Waals surface area contributed by atoms with Crippen LogP contribution in [-0.2, 0) is 4.79 Å². The van der Waals surface area contributed by atoms with Crippen molar-refractivity contribution in [2.24, 2.45) is 11.3 Å². The molecule has 4 saturated heterocycles. The first-order valence-corrected chi connectivity index (χ1v) is 11.3. The van der Waals surface area contributed by atoms with Gasteiger partial charge in [-0.25, -0.2) is 4.79 Å². The van der Waals surface area contributed by atoms with Gasteiger partial charge in [0.1, 0.15) is 0 Å². The van der Waals surface area contributed by atoms with E-state index in [2.05, 4.69) is 19.5 Å². The third kappa shape index (κ3) is 2.92. The van der Waals surface area contributed by atoms with E-state index in [1.807, 2.05) is 29.3 Å². The van der Waals surface area contributed by atoms with E-state index in [1.54, 1.807) is 0 Å². The molecule has 29 heavy (non-hydrogen) atoms.